The van der Waals surface area contributed by atoms with E-state index in [1.807, 2.05) is 50.2 Å². The van der Waals surface area contributed by atoms with E-state index in [1.54, 1.807) is 6.20 Å². The zero-order chi connectivity index (χ0) is 19.2. The summed E-state index contributed by atoms with van der Waals surface area (Å²) < 4.78 is 6.91. The lowest BCUT2D eigenvalue weighted by Gasteiger charge is -2.08. The highest BCUT2D eigenvalue weighted by Crippen LogP contribution is 2.17. The van der Waals surface area contributed by atoms with Crippen LogP contribution in [0, 0.1) is 6.92 Å². The second-order valence-electron chi connectivity index (χ2n) is 5.97. The number of thioether (sulfide) groups is 1. The van der Waals surface area contributed by atoms with Crippen molar-refractivity contribution in [2.24, 2.45) is 0 Å². The number of carbonyl (C=O) groups is 1. The molecular weight excluding hydrogens is 362 g/mol. The van der Waals surface area contributed by atoms with Gasteiger partial charge in [-0.1, -0.05) is 6.07 Å². The van der Waals surface area contributed by atoms with Gasteiger partial charge in [-0.3, -0.25) is 14.0 Å². The number of aryl methyl sites for hydroxylation is 1. The van der Waals surface area contributed by atoms with Crippen LogP contribution in [-0.2, 0) is 10.5 Å². The van der Waals surface area contributed by atoms with Crippen LogP contribution < -0.4 is 15.6 Å². The van der Waals surface area contributed by atoms with Crippen LogP contribution in [0.2, 0.25) is 0 Å². The highest BCUT2D eigenvalue weighted by molar-refractivity contribution is 7.99. The largest absolute Gasteiger partial charge is 0.494 e. The highest BCUT2D eigenvalue weighted by atomic mass is 32.2. The molecule has 0 bridgehead atoms. The van der Waals surface area contributed by atoms with Crippen molar-refractivity contribution in [1.29, 1.82) is 0 Å². The van der Waals surface area contributed by atoms with Gasteiger partial charge >= 0.3 is 0 Å². The van der Waals surface area contributed by atoms with Gasteiger partial charge < -0.3 is 10.1 Å². The number of aromatic nitrogens is 2. The van der Waals surface area contributed by atoms with Gasteiger partial charge in [0, 0.05) is 23.7 Å². The topological polar surface area (TPSA) is 72.7 Å². The normalized spacial score (nSPS) is 10.7. The Balaban J connectivity index is 1.56. The fourth-order valence-corrected chi connectivity index (χ4v) is 3.35. The number of pyridine rings is 1. The number of anilines is 1. The predicted octanol–water partition coefficient (Wildman–Crippen LogP) is 3.27. The second-order valence-corrected chi connectivity index (χ2v) is 6.95. The number of benzene rings is 1. The first-order valence-corrected chi connectivity index (χ1v) is 9.80. The Morgan fingerprint density at radius 1 is 1.26 bits per heavy atom. The molecule has 27 heavy (non-hydrogen) atoms. The Kier molecular flexibility index (Phi) is 6.13. The van der Waals surface area contributed by atoms with Gasteiger partial charge in [-0.2, -0.15) is 0 Å². The monoisotopic (exact) mass is 383 g/mol. The minimum absolute atomic E-state index is 0.0992. The van der Waals surface area contributed by atoms with Crippen molar-refractivity contribution in [3.8, 4) is 5.75 Å². The molecule has 1 amide bonds. The number of nitrogens with zero attached hydrogens (tertiary/aromatic N) is 2. The van der Waals surface area contributed by atoms with Gasteiger partial charge in [0.2, 0.25) is 5.91 Å². The van der Waals surface area contributed by atoms with Crippen LogP contribution in [0.1, 0.15) is 18.2 Å². The van der Waals surface area contributed by atoms with Crippen molar-refractivity contribution < 1.29 is 9.53 Å². The van der Waals surface area contributed by atoms with Gasteiger partial charge in [-0.15, -0.1) is 11.8 Å². The molecule has 2 heterocycles. The van der Waals surface area contributed by atoms with Crippen LogP contribution in [0.5, 0.6) is 5.75 Å². The predicted molar refractivity (Wildman–Crippen MR) is 109 cm³/mol. The number of carbonyl (C=O) groups excluding carboxylic acids is 1. The lowest BCUT2D eigenvalue weighted by atomic mass is 10.3. The van der Waals surface area contributed by atoms with Crippen LogP contribution in [0.4, 0.5) is 5.69 Å². The molecule has 1 aromatic carbocycles. The van der Waals surface area contributed by atoms with Gasteiger partial charge in [-0.25, -0.2) is 4.98 Å². The van der Waals surface area contributed by atoms with E-state index in [0.717, 1.165) is 17.0 Å². The molecule has 6 nitrogen and oxygen atoms in total. The second kappa shape index (κ2) is 8.73. The summed E-state index contributed by atoms with van der Waals surface area (Å²) in [6.45, 7) is 4.45. The maximum atomic E-state index is 12.2. The third kappa shape index (κ3) is 4.89. The summed E-state index contributed by atoms with van der Waals surface area (Å²) in [6, 6.07) is 12.5. The van der Waals surface area contributed by atoms with Crippen molar-refractivity contribution in [2.45, 2.75) is 19.6 Å². The van der Waals surface area contributed by atoms with Crippen molar-refractivity contribution in [3.63, 3.8) is 0 Å². The molecule has 2 aromatic heterocycles. The van der Waals surface area contributed by atoms with Crippen LogP contribution >= 0.6 is 11.8 Å². The average molecular weight is 383 g/mol. The molecule has 0 unspecified atom stereocenters. The van der Waals surface area contributed by atoms with Crippen molar-refractivity contribution in [2.75, 3.05) is 17.7 Å². The van der Waals surface area contributed by atoms with E-state index in [-0.39, 0.29) is 17.2 Å². The molecule has 0 saturated carbocycles. The number of hydrogen-bond acceptors (Lipinski definition) is 5. The minimum atomic E-state index is -0.113. The lowest BCUT2D eigenvalue weighted by molar-refractivity contribution is -0.113. The van der Waals surface area contributed by atoms with Gasteiger partial charge in [-0.05, 0) is 49.7 Å². The smallest absolute Gasteiger partial charge is 0.258 e. The quantitative estimate of drug-likeness (QED) is 0.678. The number of hydrogen-bond donors (Lipinski definition) is 1. The van der Waals surface area contributed by atoms with Crippen LogP contribution in [0.15, 0.2) is 53.5 Å². The molecule has 0 radical (unpaired) electrons. The fraction of sp³-hybridized carbons (Fsp3) is 0.250. The maximum absolute atomic E-state index is 12.2. The first-order chi connectivity index (χ1) is 13.1. The fourth-order valence-electron chi connectivity index (χ4n) is 2.63. The van der Waals surface area contributed by atoms with Crippen molar-refractivity contribution >= 4 is 29.0 Å². The number of ether oxygens (including phenoxy) is 1. The summed E-state index contributed by atoms with van der Waals surface area (Å²) in [5.41, 5.74) is 2.88. The van der Waals surface area contributed by atoms with Crippen LogP contribution in [0.3, 0.4) is 0 Å². The Hall–Kier alpha value is -2.80. The van der Waals surface area contributed by atoms with Crippen molar-refractivity contribution in [3.05, 3.63) is 70.3 Å². The van der Waals surface area contributed by atoms with Crippen LogP contribution in [0.25, 0.3) is 5.65 Å². The van der Waals surface area contributed by atoms with Crippen molar-refractivity contribution in [1.82, 2.24) is 9.38 Å². The van der Waals surface area contributed by atoms with E-state index < -0.39 is 0 Å². The maximum Gasteiger partial charge on any atom is 0.258 e. The Labute approximate surface area is 161 Å². The first kappa shape index (κ1) is 19.0. The van der Waals surface area contributed by atoms with Gasteiger partial charge in [0.25, 0.3) is 5.56 Å². The van der Waals surface area contributed by atoms with Crippen LogP contribution in [-0.4, -0.2) is 27.7 Å². The van der Waals surface area contributed by atoms with Gasteiger partial charge in [0.05, 0.1) is 18.1 Å². The summed E-state index contributed by atoms with van der Waals surface area (Å²) in [4.78, 5) is 28.8. The van der Waals surface area contributed by atoms with Gasteiger partial charge in [0.1, 0.15) is 11.4 Å². The summed E-state index contributed by atoms with van der Waals surface area (Å²) in [7, 11) is 0. The molecular formula is C20H21N3O3S. The Bertz CT molecular complexity index is 1000. The lowest BCUT2D eigenvalue weighted by Crippen LogP contribution is -2.17. The van der Waals surface area contributed by atoms with E-state index in [1.165, 1.54) is 22.2 Å². The summed E-state index contributed by atoms with van der Waals surface area (Å²) in [6.07, 6.45) is 1.71. The third-order valence-corrected chi connectivity index (χ3v) is 4.84. The molecule has 0 atom stereocenters. The summed E-state index contributed by atoms with van der Waals surface area (Å²) >= 11 is 1.42. The Morgan fingerprint density at radius 2 is 2.04 bits per heavy atom. The van der Waals surface area contributed by atoms with E-state index in [0.29, 0.717) is 23.7 Å². The number of amides is 1. The average Bonchev–Trinajstić information content (AvgIpc) is 2.64. The Morgan fingerprint density at radius 3 is 2.78 bits per heavy atom. The van der Waals surface area contributed by atoms with E-state index in [9.17, 15) is 9.59 Å². The molecule has 0 aliphatic rings. The molecule has 0 fully saturated rings. The molecule has 1 N–H and O–H groups in total. The minimum Gasteiger partial charge on any atom is -0.494 e. The molecule has 0 saturated heterocycles. The zero-order valence-electron chi connectivity index (χ0n) is 15.3. The molecule has 3 aromatic rings. The molecule has 3 rings (SSSR count). The van der Waals surface area contributed by atoms with E-state index in [4.69, 9.17) is 4.74 Å². The molecule has 7 heteroatoms. The van der Waals surface area contributed by atoms with Gasteiger partial charge in [0.15, 0.2) is 0 Å². The number of fused-ring (bicyclic) bond motifs is 1. The van der Waals surface area contributed by atoms with E-state index in [2.05, 4.69) is 10.3 Å². The highest BCUT2D eigenvalue weighted by Gasteiger charge is 2.07. The SMILES string of the molecule is CCOc1ccc(NC(=O)CSCc2cc(=O)n3cccc(C)c3n2)cc1. The number of nitrogens with one attached hydrogen (secondary N) is 1. The zero-order valence-corrected chi connectivity index (χ0v) is 16.1. The molecule has 140 valence electrons. The first-order valence-electron chi connectivity index (χ1n) is 8.65. The van der Waals surface area contributed by atoms with E-state index >= 15 is 0 Å². The molecule has 0 aliphatic heterocycles. The standard InChI is InChI=1S/C20H21N3O3S/c1-3-26-17-8-6-15(7-9-17)21-18(24)13-27-12-16-11-19(25)23-10-4-5-14(2)20(23)22-16/h4-11H,3,12-13H2,1-2H3,(H,21,24). The molecule has 0 spiro atoms. The summed E-state index contributed by atoms with van der Waals surface area (Å²) in [5, 5.41) is 2.85. The number of rotatable bonds is 7. The third-order valence-electron chi connectivity index (χ3n) is 3.87. The molecule has 0 aliphatic carbocycles. The summed E-state index contributed by atoms with van der Waals surface area (Å²) in [5.74, 6) is 1.45.